The van der Waals surface area contributed by atoms with Gasteiger partial charge in [-0.2, -0.15) is 13.2 Å². The van der Waals surface area contributed by atoms with Gasteiger partial charge in [0.1, 0.15) is 5.58 Å². The first-order valence-corrected chi connectivity index (χ1v) is 7.29. The first-order chi connectivity index (χ1) is 11.1. The molecule has 0 aliphatic carbocycles. The molecule has 0 unspecified atom stereocenters. The fraction of sp³-hybridized carbons (Fsp3) is 0.375. The second kappa shape index (κ2) is 6.64. The van der Waals surface area contributed by atoms with E-state index in [4.69, 9.17) is 10.2 Å². The van der Waals surface area contributed by atoms with E-state index >= 15 is 0 Å². The van der Waals surface area contributed by atoms with Crippen molar-refractivity contribution in [3.05, 3.63) is 40.2 Å². The molecule has 0 radical (unpaired) electrons. The van der Waals surface area contributed by atoms with E-state index in [1.807, 2.05) is 13.8 Å². The molecule has 2 rings (SSSR count). The van der Waals surface area contributed by atoms with Gasteiger partial charge in [-0.25, -0.2) is 4.79 Å². The smallest absolute Gasteiger partial charge is 0.417 e. The van der Waals surface area contributed by atoms with Gasteiger partial charge in [-0.05, 0) is 24.5 Å². The van der Waals surface area contributed by atoms with E-state index in [-0.39, 0.29) is 22.6 Å². The predicted molar refractivity (Wildman–Crippen MR) is 83.5 cm³/mol. The molecule has 8 heteroatoms. The molecule has 2 aromatic rings. The van der Waals surface area contributed by atoms with Crippen molar-refractivity contribution in [1.29, 1.82) is 0 Å². The summed E-state index contributed by atoms with van der Waals surface area (Å²) in [6.45, 7) is 3.83. The Morgan fingerprint density at radius 2 is 1.96 bits per heavy atom. The molecule has 1 aromatic carbocycles. The van der Waals surface area contributed by atoms with Gasteiger partial charge < -0.3 is 15.5 Å². The summed E-state index contributed by atoms with van der Waals surface area (Å²) in [5.41, 5.74) is 3.50. The van der Waals surface area contributed by atoms with Gasteiger partial charge in [0, 0.05) is 23.2 Å². The summed E-state index contributed by atoms with van der Waals surface area (Å²) in [5.74, 6) is -0.243. The van der Waals surface area contributed by atoms with Crippen molar-refractivity contribution in [2.45, 2.75) is 32.5 Å². The van der Waals surface area contributed by atoms with Crippen LogP contribution in [0.4, 0.5) is 18.9 Å². The molecule has 130 valence electrons. The number of alkyl halides is 3. The Labute approximate surface area is 135 Å². The standard InChI is InChI=1S/C16H17F3N2O3/c1-8(2)5-12(20)15(23)21-9-3-4-10-11(16(17,18)19)7-14(22)24-13(10)6-9/h3-4,6-8,12H,5,20H2,1-2H3,(H,21,23)/t12-/m0/s1. The number of rotatable bonds is 4. The lowest BCUT2D eigenvalue weighted by Gasteiger charge is -2.15. The summed E-state index contributed by atoms with van der Waals surface area (Å²) in [7, 11) is 0. The SMILES string of the molecule is CC(C)C[C@H](N)C(=O)Nc1ccc2c(C(F)(F)F)cc(=O)oc2c1. The van der Waals surface area contributed by atoms with Gasteiger partial charge in [0.15, 0.2) is 0 Å². The topological polar surface area (TPSA) is 85.3 Å². The minimum absolute atomic E-state index is 0.203. The molecule has 0 spiro atoms. The van der Waals surface area contributed by atoms with Crippen molar-refractivity contribution in [1.82, 2.24) is 0 Å². The van der Waals surface area contributed by atoms with E-state index in [0.717, 1.165) is 6.07 Å². The Bertz CT molecular complexity index is 812. The molecule has 0 fully saturated rings. The van der Waals surface area contributed by atoms with Gasteiger partial charge in [0.25, 0.3) is 0 Å². The summed E-state index contributed by atoms with van der Waals surface area (Å²) in [4.78, 5) is 23.3. The van der Waals surface area contributed by atoms with Crippen LogP contribution in [0.5, 0.6) is 0 Å². The first kappa shape index (κ1) is 18.0. The summed E-state index contributed by atoms with van der Waals surface area (Å²) in [5, 5.41) is 2.25. The third-order valence-electron chi connectivity index (χ3n) is 3.38. The highest BCUT2D eigenvalue weighted by molar-refractivity contribution is 5.96. The number of carbonyl (C=O) groups excluding carboxylic acids is 1. The zero-order chi connectivity index (χ0) is 18.1. The maximum atomic E-state index is 13.0. The fourth-order valence-corrected chi connectivity index (χ4v) is 2.32. The maximum absolute atomic E-state index is 13.0. The molecular formula is C16H17F3N2O3. The third kappa shape index (κ3) is 4.14. The zero-order valence-electron chi connectivity index (χ0n) is 13.1. The number of hydrogen-bond acceptors (Lipinski definition) is 4. The zero-order valence-corrected chi connectivity index (χ0v) is 13.1. The number of anilines is 1. The van der Waals surface area contributed by atoms with Crippen molar-refractivity contribution in [3.63, 3.8) is 0 Å². The number of carbonyl (C=O) groups is 1. The van der Waals surface area contributed by atoms with Crippen molar-refractivity contribution < 1.29 is 22.4 Å². The first-order valence-electron chi connectivity index (χ1n) is 7.29. The van der Waals surface area contributed by atoms with Gasteiger partial charge in [-0.3, -0.25) is 4.79 Å². The number of benzene rings is 1. The second-order valence-electron chi connectivity index (χ2n) is 5.91. The molecule has 0 saturated heterocycles. The Hall–Kier alpha value is -2.35. The minimum atomic E-state index is -4.68. The normalized spacial score (nSPS) is 13.3. The lowest BCUT2D eigenvalue weighted by atomic mass is 10.0. The molecule has 1 aromatic heterocycles. The van der Waals surface area contributed by atoms with Crippen LogP contribution in [0.3, 0.4) is 0 Å². The summed E-state index contributed by atoms with van der Waals surface area (Å²) >= 11 is 0. The number of hydrogen-bond donors (Lipinski definition) is 2. The quantitative estimate of drug-likeness (QED) is 0.836. The highest BCUT2D eigenvalue weighted by Crippen LogP contribution is 2.34. The van der Waals surface area contributed by atoms with Crippen molar-refractivity contribution in [3.8, 4) is 0 Å². The molecule has 1 amide bonds. The van der Waals surface area contributed by atoms with Crippen molar-refractivity contribution >= 4 is 22.6 Å². The monoisotopic (exact) mass is 342 g/mol. The van der Waals surface area contributed by atoms with E-state index in [1.165, 1.54) is 12.1 Å². The minimum Gasteiger partial charge on any atom is -0.423 e. The third-order valence-corrected chi connectivity index (χ3v) is 3.38. The summed E-state index contributed by atoms with van der Waals surface area (Å²) in [6, 6.07) is 3.28. The van der Waals surface area contributed by atoms with E-state index in [1.54, 1.807) is 0 Å². The van der Waals surface area contributed by atoms with Crippen LogP contribution in [-0.2, 0) is 11.0 Å². The number of nitrogens with two attached hydrogens (primary N) is 1. The van der Waals surface area contributed by atoms with Crippen LogP contribution in [0.25, 0.3) is 11.0 Å². The molecule has 0 aliphatic rings. The maximum Gasteiger partial charge on any atom is 0.417 e. The molecule has 1 atom stereocenters. The number of fused-ring (bicyclic) bond motifs is 1. The highest BCUT2D eigenvalue weighted by atomic mass is 19.4. The van der Waals surface area contributed by atoms with Gasteiger partial charge in [0.05, 0.1) is 11.6 Å². The Morgan fingerprint density at radius 1 is 1.29 bits per heavy atom. The Morgan fingerprint density at radius 3 is 2.54 bits per heavy atom. The average Bonchev–Trinajstić information content (AvgIpc) is 2.44. The van der Waals surface area contributed by atoms with Crippen LogP contribution in [0, 0.1) is 5.92 Å². The predicted octanol–water partition coefficient (Wildman–Crippen LogP) is 3.12. The van der Waals surface area contributed by atoms with Crippen LogP contribution < -0.4 is 16.7 Å². The van der Waals surface area contributed by atoms with Crippen LogP contribution in [0.15, 0.2) is 33.5 Å². The molecular weight excluding hydrogens is 325 g/mol. The molecule has 5 nitrogen and oxygen atoms in total. The van der Waals surface area contributed by atoms with E-state index in [0.29, 0.717) is 12.5 Å². The largest absolute Gasteiger partial charge is 0.423 e. The van der Waals surface area contributed by atoms with Gasteiger partial charge in [-0.15, -0.1) is 0 Å². The van der Waals surface area contributed by atoms with Crippen LogP contribution >= 0.6 is 0 Å². The lowest BCUT2D eigenvalue weighted by molar-refractivity contribution is -0.136. The summed E-state index contributed by atoms with van der Waals surface area (Å²) < 4.78 is 43.7. The molecule has 3 N–H and O–H groups in total. The fourth-order valence-electron chi connectivity index (χ4n) is 2.32. The van der Waals surface area contributed by atoms with Gasteiger partial charge in [-0.1, -0.05) is 13.8 Å². The molecule has 0 aliphatic heterocycles. The second-order valence-corrected chi connectivity index (χ2v) is 5.91. The highest BCUT2D eigenvalue weighted by Gasteiger charge is 2.33. The Kier molecular flexibility index (Phi) is 4.98. The number of amides is 1. The van der Waals surface area contributed by atoms with Crippen molar-refractivity contribution in [2.75, 3.05) is 5.32 Å². The van der Waals surface area contributed by atoms with Crippen molar-refractivity contribution in [2.24, 2.45) is 11.7 Å². The van der Waals surface area contributed by atoms with Gasteiger partial charge >= 0.3 is 11.8 Å². The van der Waals surface area contributed by atoms with Crippen LogP contribution in [-0.4, -0.2) is 11.9 Å². The average molecular weight is 342 g/mol. The lowest BCUT2D eigenvalue weighted by Crippen LogP contribution is -2.36. The Balaban J connectivity index is 2.35. The van der Waals surface area contributed by atoms with Gasteiger partial charge in [0.2, 0.25) is 5.91 Å². The van der Waals surface area contributed by atoms with E-state index in [2.05, 4.69) is 5.32 Å². The molecule has 24 heavy (non-hydrogen) atoms. The molecule has 0 saturated carbocycles. The summed E-state index contributed by atoms with van der Waals surface area (Å²) in [6.07, 6.45) is -4.22. The van der Waals surface area contributed by atoms with E-state index in [9.17, 15) is 22.8 Å². The number of halogens is 3. The van der Waals surface area contributed by atoms with Crippen LogP contribution in [0.2, 0.25) is 0 Å². The van der Waals surface area contributed by atoms with E-state index < -0.39 is 29.3 Å². The molecule has 0 bridgehead atoms. The number of nitrogens with one attached hydrogen (secondary N) is 1. The van der Waals surface area contributed by atoms with Crippen LogP contribution in [0.1, 0.15) is 25.8 Å². The molecule has 1 heterocycles.